The highest BCUT2D eigenvalue weighted by atomic mass is 31.2. The van der Waals surface area contributed by atoms with Gasteiger partial charge in [-0.05, 0) is 5.56 Å². The van der Waals surface area contributed by atoms with Crippen LogP contribution in [0.3, 0.4) is 0 Å². The van der Waals surface area contributed by atoms with Gasteiger partial charge in [-0.2, -0.15) is 0 Å². The molecule has 1 aromatic rings. The van der Waals surface area contributed by atoms with E-state index in [0.29, 0.717) is 0 Å². The van der Waals surface area contributed by atoms with Crippen molar-refractivity contribution in [2.45, 2.75) is 20.3 Å². The van der Waals surface area contributed by atoms with Gasteiger partial charge in [0, 0.05) is 44.9 Å². The molecular formula is C18H33N3OP+. The zero-order valence-corrected chi connectivity index (χ0v) is 15.7. The molecule has 0 unspecified atom stereocenters. The molecule has 1 aliphatic heterocycles. The van der Waals surface area contributed by atoms with E-state index in [-0.39, 0.29) is 0 Å². The summed E-state index contributed by atoms with van der Waals surface area (Å²) < 4.78 is 14.5. The largest absolute Gasteiger partial charge is 0.310 e. The molecular weight excluding hydrogens is 305 g/mol. The number of nitrogens with zero attached hydrogens (tertiary/aromatic N) is 1. The maximum Gasteiger partial charge on any atom is 0.247 e. The van der Waals surface area contributed by atoms with Gasteiger partial charge in [0.25, 0.3) is 0 Å². The molecule has 5 heteroatoms. The topological polar surface area (TPSA) is 41.1 Å². The third-order valence-corrected chi connectivity index (χ3v) is 9.43. The summed E-state index contributed by atoms with van der Waals surface area (Å²) in [4.78, 5) is 0. The Labute approximate surface area is 141 Å². The van der Waals surface area contributed by atoms with Gasteiger partial charge in [0.1, 0.15) is 0 Å². The normalized spacial score (nSPS) is 19.6. The summed E-state index contributed by atoms with van der Waals surface area (Å²) in [7, 11) is -2.23. The van der Waals surface area contributed by atoms with E-state index in [1.807, 2.05) is 0 Å². The standard InChI is InChI=1S/C18H33N3OP/c1-3-23(22,4-2)21(15-10-18-8-6-5-7-9-18)16-13-19-11-12-20-14-17-21/h5-9,19-20H,3-4,10-17H2,1-2H3/q+1. The Kier molecular flexibility index (Phi) is 7.29. The predicted octanol–water partition coefficient (Wildman–Crippen LogP) is 2.56. The van der Waals surface area contributed by atoms with Gasteiger partial charge in [0.15, 0.2) is 0 Å². The fourth-order valence-electron chi connectivity index (χ4n) is 3.69. The maximum atomic E-state index is 13.7. The van der Waals surface area contributed by atoms with E-state index >= 15 is 0 Å². The molecule has 130 valence electrons. The van der Waals surface area contributed by atoms with E-state index in [4.69, 9.17) is 0 Å². The van der Waals surface area contributed by atoms with E-state index in [1.54, 1.807) is 0 Å². The smallest absolute Gasteiger partial charge is 0.247 e. The molecule has 2 rings (SSSR count). The van der Waals surface area contributed by atoms with Gasteiger partial charge < -0.3 is 10.6 Å². The van der Waals surface area contributed by atoms with Crippen LogP contribution in [0.25, 0.3) is 0 Å². The summed E-state index contributed by atoms with van der Waals surface area (Å²) in [6, 6.07) is 10.6. The van der Waals surface area contributed by atoms with Crippen LogP contribution in [0.15, 0.2) is 30.3 Å². The quantitative estimate of drug-likeness (QED) is 0.783. The van der Waals surface area contributed by atoms with Crippen LogP contribution in [0.2, 0.25) is 0 Å². The Bertz CT molecular complexity index is 488. The van der Waals surface area contributed by atoms with Gasteiger partial charge in [-0.25, -0.2) is 0 Å². The van der Waals surface area contributed by atoms with E-state index in [1.165, 1.54) is 5.56 Å². The molecule has 0 atom stereocenters. The molecule has 4 nitrogen and oxygen atoms in total. The first-order valence-electron chi connectivity index (χ1n) is 9.06. The van der Waals surface area contributed by atoms with Crippen LogP contribution in [0.5, 0.6) is 0 Å². The molecule has 0 aromatic heterocycles. The van der Waals surface area contributed by atoms with Gasteiger partial charge in [-0.3, -0.25) is 8.82 Å². The Morgan fingerprint density at radius 1 is 0.957 bits per heavy atom. The number of hydrogen-bond donors (Lipinski definition) is 2. The van der Waals surface area contributed by atoms with Crippen LogP contribution in [-0.4, -0.2) is 62.4 Å². The minimum absolute atomic E-state index is 0.787. The lowest BCUT2D eigenvalue weighted by molar-refractivity contribution is -0.810. The highest BCUT2D eigenvalue weighted by Crippen LogP contribution is 2.55. The average Bonchev–Trinajstić information content (AvgIpc) is 2.73. The zero-order chi connectivity index (χ0) is 16.6. The molecule has 1 saturated heterocycles. The SMILES string of the molecule is CCP(=O)(CC)[N+]1(CCc2ccccc2)CCNCCNCC1. The van der Waals surface area contributed by atoms with Gasteiger partial charge >= 0.3 is 0 Å². The maximum absolute atomic E-state index is 13.7. The first-order chi connectivity index (χ1) is 11.2. The molecule has 0 bridgehead atoms. The molecule has 1 aromatic carbocycles. The van der Waals surface area contributed by atoms with Crippen molar-refractivity contribution in [3.05, 3.63) is 35.9 Å². The Hall–Kier alpha value is -0.670. The van der Waals surface area contributed by atoms with Crippen molar-refractivity contribution >= 4 is 7.29 Å². The molecule has 0 spiro atoms. The highest BCUT2D eigenvalue weighted by Gasteiger charge is 2.43. The minimum atomic E-state index is -2.23. The van der Waals surface area contributed by atoms with Gasteiger partial charge in [-0.15, -0.1) is 0 Å². The number of benzene rings is 1. The van der Waals surface area contributed by atoms with Crippen LogP contribution < -0.4 is 10.6 Å². The molecule has 0 radical (unpaired) electrons. The summed E-state index contributed by atoms with van der Waals surface area (Å²) in [5.74, 6) is 0. The predicted molar refractivity (Wildman–Crippen MR) is 99.4 cm³/mol. The second kappa shape index (κ2) is 8.98. The Morgan fingerprint density at radius 2 is 1.52 bits per heavy atom. The fourth-order valence-corrected chi connectivity index (χ4v) is 6.73. The highest BCUT2D eigenvalue weighted by molar-refractivity contribution is 7.58. The number of hydrogen-bond acceptors (Lipinski definition) is 3. The van der Waals surface area contributed by atoms with Crippen molar-refractivity contribution in [1.82, 2.24) is 10.6 Å². The lowest BCUT2D eigenvalue weighted by atomic mass is 10.1. The molecule has 0 amide bonds. The number of quaternary nitrogens is 1. The molecule has 1 heterocycles. The van der Waals surface area contributed by atoms with E-state index in [0.717, 1.165) is 68.8 Å². The van der Waals surface area contributed by atoms with Crippen LogP contribution in [0, 0.1) is 0 Å². The molecule has 1 fully saturated rings. The van der Waals surface area contributed by atoms with Crippen LogP contribution in [-0.2, 0) is 11.0 Å². The summed E-state index contributed by atoms with van der Waals surface area (Å²) in [5.41, 5.74) is 1.35. The second-order valence-corrected chi connectivity index (χ2v) is 10.3. The lowest BCUT2D eigenvalue weighted by Gasteiger charge is -2.44. The van der Waals surface area contributed by atoms with Crippen LogP contribution in [0.1, 0.15) is 19.4 Å². The van der Waals surface area contributed by atoms with Crippen molar-refractivity contribution in [3.8, 4) is 0 Å². The Morgan fingerprint density at radius 3 is 2.04 bits per heavy atom. The second-order valence-electron chi connectivity index (χ2n) is 6.48. The van der Waals surface area contributed by atoms with E-state index in [2.05, 4.69) is 54.8 Å². The molecule has 23 heavy (non-hydrogen) atoms. The van der Waals surface area contributed by atoms with Crippen molar-refractivity contribution in [1.29, 1.82) is 0 Å². The monoisotopic (exact) mass is 338 g/mol. The average molecular weight is 338 g/mol. The minimum Gasteiger partial charge on any atom is -0.310 e. The molecule has 1 aliphatic rings. The van der Waals surface area contributed by atoms with Crippen molar-refractivity contribution in [3.63, 3.8) is 0 Å². The van der Waals surface area contributed by atoms with Crippen LogP contribution in [0.4, 0.5) is 0 Å². The first-order valence-corrected chi connectivity index (χ1v) is 11.1. The third-order valence-electron chi connectivity index (χ3n) is 5.31. The van der Waals surface area contributed by atoms with Crippen molar-refractivity contribution in [2.24, 2.45) is 0 Å². The fraction of sp³-hybridized carbons (Fsp3) is 0.667. The van der Waals surface area contributed by atoms with Crippen molar-refractivity contribution in [2.75, 3.05) is 58.1 Å². The lowest BCUT2D eigenvalue weighted by Crippen LogP contribution is -2.52. The number of nitrogens with one attached hydrogen (secondary N) is 2. The third kappa shape index (κ3) is 4.67. The van der Waals surface area contributed by atoms with Crippen molar-refractivity contribution < 1.29 is 8.82 Å². The van der Waals surface area contributed by atoms with Crippen LogP contribution >= 0.6 is 7.29 Å². The van der Waals surface area contributed by atoms with E-state index in [9.17, 15) is 4.57 Å². The van der Waals surface area contributed by atoms with Gasteiger partial charge in [0.05, 0.1) is 19.6 Å². The summed E-state index contributed by atoms with van der Waals surface area (Å²) >= 11 is 0. The zero-order valence-electron chi connectivity index (χ0n) is 14.8. The summed E-state index contributed by atoms with van der Waals surface area (Å²) in [5, 5.41) is 7.00. The van der Waals surface area contributed by atoms with Gasteiger partial charge in [0.2, 0.25) is 7.29 Å². The summed E-state index contributed by atoms with van der Waals surface area (Å²) in [6.45, 7) is 11.1. The summed E-state index contributed by atoms with van der Waals surface area (Å²) in [6.07, 6.45) is 2.61. The van der Waals surface area contributed by atoms with E-state index < -0.39 is 7.29 Å². The molecule has 0 aliphatic carbocycles. The molecule has 2 N–H and O–H groups in total. The number of rotatable bonds is 6. The van der Waals surface area contributed by atoms with Gasteiger partial charge in [-0.1, -0.05) is 44.2 Å². The Balaban J connectivity index is 2.23. The first kappa shape index (κ1) is 18.7. The molecule has 0 saturated carbocycles.